The van der Waals surface area contributed by atoms with Crippen molar-refractivity contribution in [2.24, 2.45) is 0 Å². The van der Waals surface area contributed by atoms with Gasteiger partial charge in [0.25, 0.3) is 0 Å². The summed E-state index contributed by atoms with van der Waals surface area (Å²) in [4.78, 5) is 11.1. The third-order valence-corrected chi connectivity index (χ3v) is 6.35. The van der Waals surface area contributed by atoms with Crippen LogP contribution in [0.5, 0.6) is 0 Å². The molecule has 6 heteroatoms. The van der Waals surface area contributed by atoms with E-state index < -0.39 is 16.6 Å². The molecule has 0 radical (unpaired) electrons. The summed E-state index contributed by atoms with van der Waals surface area (Å²) < 4.78 is 17.7. The smallest absolute Gasteiger partial charge is 0.305 e. The van der Waals surface area contributed by atoms with E-state index in [1.54, 1.807) is 0 Å². The van der Waals surface area contributed by atoms with Gasteiger partial charge in [-0.3, -0.25) is 4.79 Å². The highest BCUT2D eigenvalue weighted by atomic mass is 28.4. The van der Waals surface area contributed by atoms with Gasteiger partial charge in [-0.1, -0.05) is 62.6 Å². The van der Waals surface area contributed by atoms with Crippen LogP contribution in [0.3, 0.4) is 0 Å². The van der Waals surface area contributed by atoms with E-state index in [1.165, 1.54) is 13.5 Å². The van der Waals surface area contributed by atoms with Crippen molar-refractivity contribution in [2.75, 3.05) is 7.11 Å². The average Bonchev–Trinajstić information content (AvgIpc) is 2.66. The van der Waals surface area contributed by atoms with Crippen LogP contribution in [-0.2, 0) is 18.4 Å². The second-order valence-corrected chi connectivity index (χ2v) is 18.8. The zero-order valence-corrected chi connectivity index (χ0v) is 23.4. The molecule has 0 rings (SSSR count). The Kier molecular flexibility index (Phi) is 16.1. The van der Waals surface area contributed by atoms with Crippen LogP contribution in [0.2, 0.25) is 39.3 Å². The van der Waals surface area contributed by atoms with Gasteiger partial charge < -0.3 is 13.6 Å². The number of methoxy groups -OCH3 is 1. The molecule has 2 atom stereocenters. The molecule has 0 bridgehead atoms. The fourth-order valence-corrected chi connectivity index (χ4v) is 5.09. The van der Waals surface area contributed by atoms with E-state index in [1.807, 2.05) is 0 Å². The molecule has 0 aromatic rings. The summed E-state index contributed by atoms with van der Waals surface area (Å²) in [6, 6.07) is 0. The number of unbranched alkanes of at least 4 members (excludes halogenated alkanes) is 5. The van der Waals surface area contributed by atoms with Crippen LogP contribution in [-0.4, -0.2) is 41.9 Å². The second-order valence-electron chi connectivity index (χ2n) is 9.92. The quantitative estimate of drug-likeness (QED) is 0.0733. The summed E-state index contributed by atoms with van der Waals surface area (Å²) in [5.74, 6) is -0.106. The molecule has 0 fully saturated rings. The van der Waals surface area contributed by atoms with Gasteiger partial charge in [-0.05, 0) is 65.0 Å². The first-order valence-electron chi connectivity index (χ1n) is 11.9. The van der Waals surface area contributed by atoms with Crippen molar-refractivity contribution in [2.45, 2.75) is 110 Å². The third-order valence-electron chi connectivity index (χ3n) is 4.39. The number of carbonyl (C=O) groups excluding carboxylic acids is 1. The van der Waals surface area contributed by atoms with Crippen molar-refractivity contribution in [3.05, 3.63) is 36.5 Å². The molecule has 31 heavy (non-hydrogen) atoms. The molecule has 0 saturated heterocycles. The first kappa shape index (κ1) is 30.0. The SMILES string of the molecule is CC/C=C/C=C/[C@H](O[Si](C)(C)C)[C@H](/C=C/CCCCCCCC(=O)OC)O[Si](C)(C)C. The number of rotatable bonds is 17. The van der Waals surface area contributed by atoms with E-state index in [0.717, 1.165) is 38.5 Å². The number of hydrogen-bond donors (Lipinski definition) is 0. The third kappa shape index (κ3) is 19.5. The Labute approximate surface area is 194 Å². The number of hydrogen-bond acceptors (Lipinski definition) is 4. The summed E-state index contributed by atoms with van der Waals surface area (Å²) in [5, 5.41) is 0. The van der Waals surface area contributed by atoms with E-state index in [-0.39, 0.29) is 18.2 Å². The zero-order chi connectivity index (χ0) is 23.8. The largest absolute Gasteiger partial charge is 0.469 e. The lowest BCUT2D eigenvalue weighted by Crippen LogP contribution is -2.42. The second kappa shape index (κ2) is 16.6. The Morgan fingerprint density at radius 3 is 1.87 bits per heavy atom. The van der Waals surface area contributed by atoms with Crippen molar-refractivity contribution >= 4 is 22.6 Å². The van der Waals surface area contributed by atoms with Gasteiger partial charge in [0.05, 0.1) is 19.3 Å². The maximum Gasteiger partial charge on any atom is 0.305 e. The van der Waals surface area contributed by atoms with Crippen molar-refractivity contribution in [3.8, 4) is 0 Å². The molecule has 0 aliphatic rings. The lowest BCUT2D eigenvalue weighted by atomic mass is 10.1. The van der Waals surface area contributed by atoms with Crippen LogP contribution in [0, 0.1) is 0 Å². The van der Waals surface area contributed by atoms with Crippen LogP contribution in [0.25, 0.3) is 0 Å². The minimum atomic E-state index is -1.72. The maximum atomic E-state index is 11.1. The van der Waals surface area contributed by atoms with E-state index >= 15 is 0 Å². The minimum absolute atomic E-state index is 0.0512. The zero-order valence-electron chi connectivity index (χ0n) is 21.4. The molecular formula is C25H48O4Si2. The van der Waals surface area contributed by atoms with Gasteiger partial charge in [-0.25, -0.2) is 0 Å². The normalized spacial score (nSPS) is 15.2. The summed E-state index contributed by atoms with van der Waals surface area (Å²) in [7, 11) is -1.99. The minimum Gasteiger partial charge on any atom is -0.469 e. The summed E-state index contributed by atoms with van der Waals surface area (Å²) in [6.07, 6.45) is 21.0. The standard InChI is InChI=1S/C25H48O4Si2/c1-9-10-11-17-20-23(28-30(3,4)5)24(29-31(6,7)8)21-18-15-13-12-14-16-19-22-25(26)27-2/h10-11,17-18,20-21,23-24H,9,12-16,19,22H2,1-8H3/b11-10+,20-17+,21-18+/t23-,24-/m0/s1. The molecule has 0 spiro atoms. The van der Waals surface area contributed by atoms with Gasteiger partial charge in [-0.15, -0.1) is 0 Å². The fraction of sp³-hybridized carbons (Fsp3) is 0.720. The van der Waals surface area contributed by atoms with E-state index in [9.17, 15) is 4.79 Å². The van der Waals surface area contributed by atoms with Crippen LogP contribution in [0.1, 0.15) is 58.3 Å². The number of ether oxygens (including phenoxy) is 1. The molecular weight excluding hydrogens is 420 g/mol. The van der Waals surface area contributed by atoms with Crippen molar-refractivity contribution in [1.82, 2.24) is 0 Å². The maximum absolute atomic E-state index is 11.1. The summed E-state index contributed by atoms with van der Waals surface area (Å²) in [6.45, 7) is 15.5. The Bertz CT molecular complexity index is 557. The molecule has 0 aromatic heterocycles. The molecule has 180 valence electrons. The van der Waals surface area contributed by atoms with Crippen LogP contribution < -0.4 is 0 Å². The Balaban J connectivity index is 4.83. The molecule has 0 N–H and O–H groups in total. The van der Waals surface area contributed by atoms with Crippen molar-refractivity contribution in [1.29, 1.82) is 0 Å². The Morgan fingerprint density at radius 1 is 0.774 bits per heavy atom. The van der Waals surface area contributed by atoms with Crippen LogP contribution in [0.4, 0.5) is 0 Å². The fourth-order valence-electron chi connectivity index (χ4n) is 3.03. The molecule has 0 aromatic carbocycles. The molecule has 0 saturated carbocycles. The van der Waals surface area contributed by atoms with Crippen molar-refractivity contribution < 1.29 is 18.4 Å². The van der Waals surface area contributed by atoms with E-state index in [0.29, 0.717) is 6.42 Å². The molecule has 0 unspecified atom stereocenters. The topological polar surface area (TPSA) is 44.8 Å². The van der Waals surface area contributed by atoms with Crippen LogP contribution in [0.15, 0.2) is 36.5 Å². The highest BCUT2D eigenvalue weighted by Gasteiger charge is 2.29. The number of allylic oxidation sites excluding steroid dienone is 4. The van der Waals surface area contributed by atoms with Gasteiger partial charge in [0, 0.05) is 6.42 Å². The number of carbonyl (C=O) groups is 1. The van der Waals surface area contributed by atoms with Crippen molar-refractivity contribution in [3.63, 3.8) is 0 Å². The van der Waals surface area contributed by atoms with Gasteiger partial charge in [0.15, 0.2) is 16.6 Å². The predicted molar refractivity (Wildman–Crippen MR) is 138 cm³/mol. The Morgan fingerprint density at radius 2 is 1.32 bits per heavy atom. The predicted octanol–water partition coefficient (Wildman–Crippen LogP) is 7.41. The highest BCUT2D eigenvalue weighted by molar-refractivity contribution is 6.70. The van der Waals surface area contributed by atoms with Gasteiger partial charge >= 0.3 is 5.97 Å². The van der Waals surface area contributed by atoms with Gasteiger partial charge in [0.1, 0.15) is 0 Å². The molecule has 4 nitrogen and oxygen atoms in total. The monoisotopic (exact) mass is 468 g/mol. The Hall–Kier alpha value is -0.956. The van der Waals surface area contributed by atoms with E-state index in [2.05, 4.69) is 87.4 Å². The van der Waals surface area contributed by atoms with E-state index in [4.69, 9.17) is 8.85 Å². The first-order valence-corrected chi connectivity index (χ1v) is 18.7. The highest BCUT2D eigenvalue weighted by Crippen LogP contribution is 2.20. The van der Waals surface area contributed by atoms with Crippen LogP contribution >= 0.6 is 0 Å². The summed E-state index contributed by atoms with van der Waals surface area (Å²) >= 11 is 0. The lowest BCUT2D eigenvalue weighted by molar-refractivity contribution is -0.140. The molecule has 0 aliphatic carbocycles. The first-order chi connectivity index (χ1) is 14.5. The molecule has 0 heterocycles. The summed E-state index contributed by atoms with van der Waals surface area (Å²) in [5.41, 5.74) is 0. The molecule has 0 amide bonds. The number of esters is 1. The lowest BCUT2D eigenvalue weighted by Gasteiger charge is -2.33. The average molecular weight is 469 g/mol. The van der Waals surface area contributed by atoms with Gasteiger partial charge in [-0.2, -0.15) is 0 Å². The van der Waals surface area contributed by atoms with Gasteiger partial charge in [0.2, 0.25) is 0 Å². The molecule has 0 aliphatic heterocycles.